The first kappa shape index (κ1) is 14.1. The highest BCUT2D eigenvalue weighted by molar-refractivity contribution is 5.09. The van der Waals surface area contributed by atoms with Gasteiger partial charge in [0.2, 0.25) is 0 Å². The molecule has 3 heterocycles. The predicted molar refractivity (Wildman–Crippen MR) is 82.1 cm³/mol. The van der Waals surface area contributed by atoms with Crippen molar-refractivity contribution in [2.24, 2.45) is 0 Å². The van der Waals surface area contributed by atoms with Gasteiger partial charge in [-0.05, 0) is 50.3 Å². The van der Waals surface area contributed by atoms with Crippen LogP contribution in [0.2, 0.25) is 0 Å². The summed E-state index contributed by atoms with van der Waals surface area (Å²) in [6.07, 6.45) is 9.46. The van der Waals surface area contributed by atoms with Crippen LogP contribution in [0.1, 0.15) is 57.1 Å². The molecule has 2 fully saturated rings. The van der Waals surface area contributed by atoms with E-state index < -0.39 is 0 Å². The molecule has 2 saturated heterocycles. The highest BCUT2D eigenvalue weighted by Gasteiger charge is 2.27. The van der Waals surface area contributed by atoms with E-state index >= 15 is 0 Å². The van der Waals surface area contributed by atoms with Gasteiger partial charge in [0.25, 0.3) is 0 Å². The van der Waals surface area contributed by atoms with E-state index in [0.29, 0.717) is 12.0 Å². The number of nitrogens with zero attached hydrogens (tertiary/aromatic N) is 3. The number of hydrogen-bond acceptors (Lipinski definition) is 3. The maximum atomic E-state index is 4.59. The molecule has 0 radical (unpaired) electrons. The Kier molecular flexibility index (Phi) is 4.41. The fourth-order valence-corrected chi connectivity index (χ4v) is 3.54. The van der Waals surface area contributed by atoms with Crippen LogP contribution in [0.4, 0.5) is 0 Å². The van der Waals surface area contributed by atoms with E-state index in [4.69, 9.17) is 0 Å². The Bertz CT molecular complexity index is 412. The molecule has 0 aromatic carbocycles. The highest BCUT2D eigenvalue weighted by atomic mass is 15.3. The molecule has 20 heavy (non-hydrogen) atoms. The second-order valence-electron chi connectivity index (χ2n) is 6.66. The van der Waals surface area contributed by atoms with E-state index in [1.165, 1.54) is 57.4 Å². The molecule has 1 aromatic rings. The van der Waals surface area contributed by atoms with Crippen molar-refractivity contribution in [2.45, 2.75) is 57.5 Å². The number of hydrogen-bond donors (Lipinski definition) is 1. The Hall–Kier alpha value is -0.870. The highest BCUT2D eigenvalue weighted by Crippen LogP contribution is 2.26. The monoisotopic (exact) mass is 276 g/mol. The largest absolute Gasteiger partial charge is 0.317 e. The Morgan fingerprint density at radius 3 is 2.40 bits per heavy atom. The minimum atomic E-state index is 0.582. The van der Waals surface area contributed by atoms with Crippen LogP contribution in [-0.4, -0.2) is 46.9 Å². The first-order valence-electron chi connectivity index (χ1n) is 8.23. The SMILES string of the molecule is CC(C)c1cnn(C2CCN(C3CCNCC3)CC2)c1. The maximum Gasteiger partial charge on any atom is 0.0543 e. The fraction of sp³-hybridized carbons (Fsp3) is 0.812. The molecule has 0 aliphatic carbocycles. The molecule has 4 heteroatoms. The summed E-state index contributed by atoms with van der Waals surface area (Å²) in [5.74, 6) is 0.582. The summed E-state index contributed by atoms with van der Waals surface area (Å²) in [6.45, 7) is 9.35. The minimum Gasteiger partial charge on any atom is -0.317 e. The van der Waals surface area contributed by atoms with Crippen LogP contribution < -0.4 is 5.32 Å². The summed E-state index contributed by atoms with van der Waals surface area (Å²) >= 11 is 0. The van der Waals surface area contributed by atoms with Gasteiger partial charge in [-0.1, -0.05) is 13.8 Å². The van der Waals surface area contributed by atoms with Gasteiger partial charge in [0, 0.05) is 25.3 Å². The third-order valence-electron chi connectivity index (χ3n) is 4.99. The molecular weight excluding hydrogens is 248 g/mol. The molecule has 1 N–H and O–H groups in total. The van der Waals surface area contributed by atoms with Gasteiger partial charge in [-0.25, -0.2) is 0 Å². The second-order valence-corrected chi connectivity index (χ2v) is 6.66. The number of rotatable bonds is 3. The Morgan fingerprint density at radius 1 is 1.10 bits per heavy atom. The van der Waals surface area contributed by atoms with E-state index in [-0.39, 0.29) is 0 Å². The third-order valence-corrected chi connectivity index (χ3v) is 4.99. The second kappa shape index (κ2) is 6.27. The average molecular weight is 276 g/mol. The zero-order chi connectivity index (χ0) is 13.9. The van der Waals surface area contributed by atoms with Crippen molar-refractivity contribution in [1.82, 2.24) is 20.0 Å². The molecule has 2 aliphatic rings. The molecule has 0 unspecified atom stereocenters. The summed E-state index contributed by atoms with van der Waals surface area (Å²) in [6, 6.07) is 1.43. The van der Waals surface area contributed by atoms with Crippen LogP contribution >= 0.6 is 0 Å². The first-order chi connectivity index (χ1) is 9.74. The lowest BCUT2D eigenvalue weighted by Gasteiger charge is -2.39. The van der Waals surface area contributed by atoms with E-state index in [1.807, 2.05) is 6.20 Å². The summed E-state index contributed by atoms with van der Waals surface area (Å²) in [4.78, 5) is 2.71. The van der Waals surface area contributed by atoms with E-state index in [2.05, 4.69) is 40.0 Å². The van der Waals surface area contributed by atoms with Crippen molar-refractivity contribution in [3.63, 3.8) is 0 Å². The normalized spacial score (nSPS) is 23.6. The van der Waals surface area contributed by atoms with Gasteiger partial charge in [0.15, 0.2) is 0 Å². The zero-order valence-electron chi connectivity index (χ0n) is 12.9. The van der Waals surface area contributed by atoms with Gasteiger partial charge >= 0.3 is 0 Å². The molecule has 0 spiro atoms. The maximum absolute atomic E-state index is 4.59. The van der Waals surface area contributed by atoms with Crippen molar-refractivity contribution >= 4 is 0 Å². The minimum absolute atomic E-state index is 0.582. The van der Waals surface area contributed by atoms with Gasteiger partial charge < -0.3 is 10.2 Å². The Balaban J connectivity index is 1.54. The molecule has 112 valence electrons. The van der Waals surface area contributed by atoms with Crippen LogP contribution in [0.15, 0.2) is 12.4 Å². The number of nitrogens with one attached hydrogen (secondary N) is 1. The van der Waals surface area contributed by atoms with Crippen molar-refractivity contribution in [1.29, 1.82) is 0 Å². The lowest BCUT2D eigenvalue weighted by Crippen LogP contribution is -2.46. The molecule has 0 atom stereocenters. The third kappa shape index (κ3) is 3.07. The molecule has 0 saturated carbocycles. The molecular formula is C16H28N4. The number of aromatic nitrogens is 2. The summed E-state index contributed by atoms with van der Waals surface area (Å²) in [5, 5.41) is 8.05. The summed E-state index contributed by atoms with van der Waals surface area (Å²) < 4.78 is 2.22. The molecule has 0 amide bonds. The van der Waals surface area contributed by atoms with E-state index in [1.54, 1.807) is 0 Å². The van der Waals surface area contributed by atoms with Gasteiger partial charge in [-0.2, -0.15) is 5.10 Å². The van der Waals surface area contributed by atoms with Gasteiger partial charge in [0.1, 0.15) is 0 Å². The average Bonchev–Trinajstić information content (AvgIpc) is 2.98. The lowest BCUT2D eigenvalue weighted by molar-refractivity contribution is 0.110. The zero-order valence-corrected chi connectivity index (χ0v) is 12.9. The van der Waals surface area contributed by atoms with Gasteiger partial charge in [-0.3, -0.25) is 4.68 Å². The molecule has 1 aromatic heterocycles. The molecule has 4 nitrogen and oxygen atoms in total. The van der Waals surface area contributed by atoms with Gasteiger partial charge in [-0.15, -0.1) is 0 Å². The van der Waals surface area contributed by atoms with Crippen LogP contribution in [-0.2, 0) is 0 Å². The van der Waals surface area contributed by atoms with Gasteiger partial charge in [0.05, 0.1) is 12.2 Å². The molecule has 2 aliphatic heterocycles. The van der Waals surface area contributed by atoms with Crippen LogP contribution in [0.25, 0.3) is 0 Å². The van der Waals surface area contributed by atoms with Crippen LogP contribution in [0.5, 0.6) is 0 Å². The quantitative estimate of drug-likeness (QED) is 0.920. The van der Waals surface area contributed by atoms with Crippen molar-refractivity contribution in [3.8, 4) is 0 Å². The van der Waals surface area contributed by atoms with Crippen molar-refractivity contribution in [3.05, 3.63) is 18.0 Å². The van der Waals surface area contributed by atoms with Crippen molar-refractivity contribution in [2.75, 3.05) is 26.2 Å². The molecule has 0 bridgehead atoms. The Morgan fingerprint density at radius 2 is 1.80 bits per heavy atom. The van der Waals surface area contributed by atoms with Crippen LogP contribution in [0.3, 0.4) is 0 Å². The molecule has 3 rings (SSSR count). The summed E-state index contributed by atoms with van der Waals surface area (Å²) in [7, 11) is 0. The smallest absolute Gasteiger partial charge is 0.0543 e. The van der Waals surface area contributed by atoms with Crippen molar-refractivity contribution < 1.29 is 0 Å². The topological polar surface area (TPSA) is 33.1 Å². The summed E-state index contributed by atoms with van der Waals surface area (Å²) in [5.41, 5.74) is 1.37. The van der Waals surface area contributed by atoms with Crippen LogP contribution in [0, 0.1) is 0 Å². The lowest BCUT2D eigenvalue weighted by atomic mass is 9.98. The fourth-order valence-electron chi connectivity index (χ4n) is 3.54. The number of piperidine rings is 2. The number of likely N-dealkylation sites (tertiary alicyclic amines) is 1. The standard InChI is InChI=1S/C16H28N4/c1-13(2)14-11-18-20(12-14)16-5-9-19(10-6-16)15-3-7-17-8-4-15/h11-13,15-17H,3-10H2,1-2H3. The first-order valence-corrected chi connectivity index (χ1v) is 8.23. The van der Waals surface area contributed by atoms with E-state index in [9.17, 15) is 0 Å². The van der Waals surface area contributed by atoms with E-state index in [0.717, 1.165) is 6.04 Å². The predicted octanol–water partition coefficient (Wildman–Crippen LogP) is 2.40. The Labute approximate surface area is 122 Å².